The van der Waals surface area contributed by atoms with E-state index in [-0.39, 0.29) is 11.3 Å². The highest BCUT2D eigenvalue weighted by molar-refractivity contribution is 5.94. The maximum Gasteiger partial charge on any atom is 0.242 e. The fraction of sp³-hybridized carbons (Fsp3) is 0.500. The number of hydrogen-bond acceptors (Lipinski definition) is 3. The number of nitrogens with two attached hydrogens (primary N) is 1. The first kappa shape index (κ1) is 13.4. The van der Waals surface area contributed by atoms with E-state index in [2.05, 4.69) is 42.9 Å². The number of H-pyrrole nitrogens is 1. The van der Waals surface area contributed by atoms with Crippen LogP contribution in [0, 0.1) is 0 Å². The van der Waals surface area contributed by atoms with Gasteiger partial charge in [-0.15, -0.1) is 6.58 Å². The van der Waals surface area contributed by atoms with Gasteiger partial charge in [0.1, 0.15) is 0 Å². The van der Waals surface area contributed by atoms with Gasteiger partial charge in [0.15, 0.2) is 5.82 Å². The van der Waals surface area contributed by atoms with E-state index in [1.165, 1.54) is 0 Å². The summed E-state index contributed by atoms with van der Waals surface area (Å²) in [7, 11) is 0. The van der Waals surface area contributed by atoms with Gasteiger partial charge in [0.2, 0.25) is 5.91 Å². The van der Waals surface area contributed by atoms with Crippen molar-refractivity contribution in [3.05, 3.63) is 24.4 Å². The molecule has 5 nitrogen and oxygen atoms in total. The molecule has 0 aromatic carbocycles. The molecule has 1 aromatic rings. The largest absolute Gasteiger partial charge is 0.320 e. The first-order valence-corrected chi connectivity index (χ1v) is 5.58. The van der Waals surface area contributed by atoms with E-state index in [4.69, 9.17) is 5.73 Å². The Kier molecular flexibility index (Phi) is 4.07. The summed E-state index contributed by atoms with van der Waals surface area (Å²) in [5.74, 6) is 0.247. The molecule has 0 saturated carbocycles. The van der Waals surface area contributed by atoms with Crippen molar-refractivity contribution in [3.63, 3.8) is 0 Å². The van der Waals surface area contributed by atoms with Crippen molar-refractivity contribution in [2.45, 2.75) is 38.6 Å². The highest BCUT2D eigenvalue weighted by atomic mass is 16.2. The molecule has 94 valence electrons. The normalized spacial score (nSPS) is 13.2. The number of hydrogen-bond donors (Lipinski definition) is 3. The predicted octanol–water partition coefficient (Wildman–Crippen LogP) is 1.55. The topological polar surface area (TPSA) is 83.8 Å². The van der Waals surface area contributed by atoms with Gasteiger partial charge in [0, 0.05) is 17.2 Å². The van der Waals surface area contributed by atoms with Crippen molar-refractivity contribution in [1.29, 1.82) is 0 Å². The minimum atomic E-state index is -0.581. The van der Waals surface area contributed by atoms with E-state index < -0.39 is 6.04 Å². The van der Waals surface area contributed by atoms with Gasteiger partial charge < -0.3 is 11.1 Å². The molecule has 4 N–H and O–H groups in total. The summed E-state index contributed by atoms with van der Waals surface area (Å²) in [6, 6.07) is 1.24. The first-order valence-electron chi connectivity index (χ1n) is 5.58. The molecule has 0 aliphatic heterocycles. The van der Waals surface area contributed by atoms with Crippen molar-refractivity contribution >= 4 is 11.7 Å². The summed E-state index contributed by atoms with van der Waals surface area (Å²) in [5.41, 5.74) is 6.58. The number of anilines is 1. The number of aromatic nitrogens is 2. The molecule has 0 radical (unpaired) electrons. The molecule has 0 bridgehead atoms. The fourth-order valence-corrected chi connectivity index (χ4v) is 1.28. The zero-order chi connectivity index (χ0) is 13.1. The third kappa shape index (κ3) is 3.71. The molecule has 1 heterocycles. The summed E-state index contributed by atoms with van der Waals surface area (Å²) in [4.78, 5) is 11.6. The highest BCUT2D eigenvalue weighted by Gasteiger charge is 2.18. The maximum absolute atomic E-state index is 11.6. The standard InChI is InChI=1S/C12H20N4O/c1-5-6-8(13)11(17)14-10-7-9(15-16-10)12(2,3)4/h5,7-8H,1,6,13H2,2-4H3,(H2,14,15,16,17). The van der Waals surface area contributed by atoms with Crippen molar-refractivity contribution < 1.29 is 4.79 Å². The number of aromatic amines is 1. The molecule has 0 saturated heterocycles. The van der Waals surface area contributed by atoms with E-state index in [0.29, 0.717) is 12.2 Å². The second-order valence-electron chi connectivity index (χ2n) is 5.04. The summed E-state index contributed by atoms with van der Waals surface area (Å²) < 4.78 is 0. The van der Waals surface area contributed by atoms with Crippen LogP contribution in [-0.4, -0.2) is 22.1 Å². The molecule has 17 heavy (non-hydrogen) atoms. The quantitative estimate of drug-likeness (QED) is 0.693. The molecule has 0 fully saturated rings. The number of nitrogens with zero attached hydrogens (tertiary/aromatic N) is 1. The van der Waals surface area contributed by atoms with E-state index in [1.807, 2.05) is 6.07 Å². The molecule has 0 spiro atoms. The van der Waals surface area contributed by atoms with Crippen LogP contribution in [0.15, 0.2) is 18.7 Å². The molecule has 0 aliphatic rings. The lowest BCUT2D eigenvalue weighted by molar-refractivity contribution is -0.117. The maximum atomic E-state index is 11.6. The Balaban J connectivity index is 2.67. The Hall–Kier alpha value is -1.62. The third-order valence-corrected chi connectivity index (χ3v) is 2.39. The Morgan fingerprint density at radius 1 is 1.71 bits per heavy atom. The number of amides is 1. The lowest BCUT2D eigenvalue weighted by Gasteiger charge is -2.14. The Bertz CT molecular complexity index is 403. The van der Waals surface area contributed by atoms with Crippen LogP contribution in [0.25, 0.3) is 0 Å². The summed E-state index contributed by atoms with van der Waals surface area (Å²) in [6.45, 7) is 9.74. The summed E-state index contributed by atoms with van der Waals surface area (Å²) in [6.07, 6.45) is 2.07. The second-order valence-corrected chi connectivity index (χ2v) is 5.04. The number of carbonyl (C=O) groups is 1. The van der Waals surface area contributed by atoms with Crippen molar-refractivity contribution in [2.24, 2.45) is 5.73 Å². The molecule has 1 unspecified atom stereocenters. The van der Waals surface area contributed by atoms with Gasteiger partial charge in [-0.2, -0.15) is 5.10 Å². The van der Waals surface area contributed by atoms with Crippen LogP contribution in [0.1, 0.15) is 32.9 Å². The molecule has 5 heteroatoms. The lowest BCUT2D eigenvalue weighted by Crippen LogP contribution is -2.35. The molecule has 1 amide bonds. The second kappa shape index (κ2) is 5.14. The van der Waals surface area contributed by atoms with E-state index in [0.717, 1.165) is 5.69 Å². The zero-order valence-electron chi connectivity index (χ0n) is 10.6. The Morgan fingerprint density at radius 3 is 2.82 bits per heavy atom. The van der Waals surface area contributed by atoms with Gasteiger partial charge in [0.05, 0.1) is 6.04 Å². The van der Waals surface area contributed by atoms with E-state index in [1.54, 1.807) is 6.08 Å². The minimum Gasteiger partial charge on any atom is -0.320 e. The van der Waals surface area contributed by atoms with Crippen LogP contribution in [0.4, 0.5) is 5.82 Å². The van der Waals surface area contributed by atoms with E-state index in [9.17, 15) is 4.79 Å². The van der Waals surface area contributed by atoms with Crippen molar-refractivity contribution in [3.8, 4) is 0 Å². The van der Waals surface area contributed by atoms with Crippen molar-refractivity contribution in [1.82, 2.24) is 10.2 Å². The van der Waals surface area contributed by atoms with Gasteiger partial charge >= 0.3 is 0 Å². The average Bonchev–Trinajstić information content (AvgIpc) is 2.66. The van der Waals surface area contributed by atoms with Crippen molar-refractivity contribution in [2.75, 3.05) is 5.32 Å². The number of rotatable bonds is 4. The van der Waals surface area contributed by atoms with Gasteiger partial charge in [-0.25, -0.2) is 0 Å². The van der Waals surface area contributed by atoms with Crippen LogP contribution in [-0.2, 0) is 10.2 Å². The Morgan fingerprint density at radius 2 is 2.35 bits per heavy atom. The van der Waals surface area contributed by atoms with Crippen LogP contribution in [0.3, 0.4) is 0 Å². The molecule has 1 aromatic heterocycles. The van der Waals surface area contributed by atoms with Crippen LogP contribution >= 0.6 is 0 Å². The van der Waals surface area contributed by atoms with Crippen LogP contribution < -0.4 is 11.1 Å². The smallest absolute Gasteiger partial charge is 0.242 e. The number of nitrogens with one attached hydrogen (secondary N) is 2. The van der Waals surface area contributed by atoms with Crippen LogP contribution in [0.5, 0.6) is 0 Å². The molecular formula is C12H20N4O. The summed E-state index contributed by atoms with van der Waals surface area (Å²) >= 11 is 0. The zero-order valence-corrected chi connectivity index (χ0v) is 10.6. The van der Waals surface area contributed by atoms with Gasteiger partial charge in [-0.1, -0.05) is 26.8 Å². The molecule has 0 aliphatic carbocycles. The first-order chi connectivity index (χ1) is 7.84. The van der Waals surface area contributed by atoms with Crippen LogP contribution in [0.2, 0.25) is 0 Å². The molecule has 1 rings (SSSR count). The fourth-order valence-electron chi connectivity index (χ4n) is 1.28. The third-order valence-electron chi connectivity index (χ3n) is 2.39. The highest BCUT2D eigenvalue weighted by Crippen LogP contribution is 2.21. The molecule has 1 atom stereocenters. The van der Waals surface area contributed by atoms with Gasteiger partial charge in [-0.05, 0) is 6.42 Å². The van der Waals surface area contributed by atoms with Gasteiger partial charge in [-0.3, -0.25) is 9.89 Å². The monoisotopic (exact) mass is 236 g/mol. The minimum absolute atomic E-state index is 0.0286. The Labute approximate surface area is 101 Å². The number of carbonyl (C=O) groups excluding carboxylic acids is 1. The van der Waals surface area contributed by atoms with E-state index >= 15 is 0 Å². The van der Waals surface area contributed by atoms with Gasteiger partial charge in [0.25, 0.3) is 0 Å². The average molecular weight is 236 g/mol. The molecular weight excluding hydrogens is 216 g/mol. The predicted molar refractivity (Wildman–Crippen MR) is 68.7 cm³/mol. The SMILES string of the molecule is C=CCC(N)C(=O)Nc1cc(C(C)(C)C)[nH]n1. The summed E-state index contributed by atoms with van der Waals surface area (Å²) in [5, 5.41) is 9.59. The lowest BCUT2D eigenvalue weighted by atomic mass is 9.92.